The van der Waals surface area contributed by atoms with E-state index >= 15 is 0 Å². The summed E-state index contributed by atoms with van der Waals surface area (Å²) in [5.41, 5.74) is 1.48. The van der Waals surface area contributed by atoms with Crippen molar-refractivity contribution in [3.05, 3.63) is 83.7 Å². The van der Waals surface area contributed by atoms with Crippen LogP contribution in [-0.2, 0) is 16.0 Å². The van der Waals surface area contributed by atoms with Crippen molar-refractivity contribution in [3.63, 3.8) is 0 Å². The van der Waals surface area contributed by atoms with Crippen molar-refractivity contribution in [2.75, 3.05) is 13.1 Å². The summed E-state index contributed by atoms with van der Waals surface area (Å²) in [6.45, 7) is 1.21. The highest BCUT2D eigenvalue weighted by Gasteiger charge is 2.39. The van der Waals surface area contributed by atoms with Gasteiger partial charge < -0.3 is 10.2 Å². The summed E-state index contributed by atoms with van der Waals surface area (Å²) in [5.74, 6) is 0.00426. The molecular formula is C28H29FN2O2. The minimum Gasteiger partial charge on any atom is -0.350 e. The van der Waals surface area contributed by atoms with Crippen LogP contribution in [0.15, 0.2) is 66.7 Å². The highest BCUT2D eigenvalue weighted by Crippen LogP contribution is 2.33. The van der Waals surface area contributed by atoms with Crippen LogP contribution in [0, 0.1) is 5.82 Å². The lowest BCUT2D eigenvalue weighted by atomic mass is 9.84. The molecule has 0 unspecified atom stereocenters. The van der Waals surface area contributed by atoms with E-state index in [1.807, 2.05) is 29.2 Å². The molecule has 0 aliphatic carbocycles. The molecule has 1 N–H and O–H groups in total. The quantitative estimate of drug-likeness (QED) is 0.584. The van der Waals surface area contributed by atoms with Gasteiger partial charge in [0, 0.05) is 37.4 Å². The smallest absolute Gasteiger partial charge is 0.222 e. The predicted molar refractivity (Wildman–Crippen MR) is 127 cm³/mol. The van der Waals surface area contributed by atoms with Crippen LogP contribution in [0.4, 0.5) is 4.39 Å². The van der Waals surface area contributed by atoms with Gasteiger partial charge in [0.1, 0.15) is 5.82 Å². The lowest BCUT2D eigenvalue weighted by molar-refractivity contribution is -0.131. The molecule has 170 valence electrons. The van der Waals surface area contributed by atoms with Crippen molar-refractivity contribution in [2.45, 2.75) is 50.0 Å². The Hall–Kier alpha value is -3.21. The second kappa shape index (κ2) is 8.97. The van der Waals surface area contributed by atoms with Gasteiger partial charge in [0.15, 0.2) is 0 Å². The normalized spacial score (nSPS) is 22.6. The third-order valence-corrected chi connectivity index (χ3v) is 7.30. The molecule has 4 nitrogen and oxygen atoms in total. The molecule has 33 heavy (non-hydrogen) atoms. The Balaban J connectivity index is 1.25. The molecule has 3 aromatic carbocycles. The molecule has 2 atom stereocenters. The maximum absolute atomic E-state index is 14.2. The Morgan fingerprint density at radius 2 is 1.85 bits per heavy atom. The van der Waals surface area contributed by atoms with E-state index in [2.05, 4.69) is 35.6 Å². The minimum absolute atomic E-state index is 0.0490. The molecule has 3 aromatic rings. The Bertz CT molecular complexity index is 1190. The van der Waals surface area contributed by atoms with Crippen LogP contribution in [0.1, 0.15) is 49.1 Å². The summed E-state index contributed by atoms with van der Waals surface area (Å²) in [6, 6.07) is 21.5. The summed E-state index contributed by atoms with van der Waals surface area (Å²) in [5, 5.41) is 5.57. The zero-order valence-corrected chi connectivity index (χ0v) is 18.7. The lowest BCUT2D eigenvalue weighted by Gasteiger charge is -2.30. The zero-order chi connectivity index (χ0) is 22.8. The number of benzene rings is 3. The van der Waals surface area contributed by atoms with Gasteiger partial charge in [0.2, 0.25) is 11.8 Å². The zero-order valence-electron chi connectivity index (χ0n) is 18.7. The second-order valence-electron chi connectivity index (χ2n) is 9.53. The van der Waals surface area contributed by atoms with E-state index in [0.29, 0.717) is 44.3 Å². The Morgan fingerprint density at radius 1 is 1.06 bits per heavy atom. The Morgan fingerprint density at radius 3 is 2.64 bits per heavy atom. The van der Waals surface area contributed by atoms with Gasteiger partial charge >= 0.3 is 0 Å². The highest BCUT2D eigenvalue weighted by molar-refractivity contribution is 5.83. The molecule has 2 heterocycles. The van der Waals surface area contributed by atoms with E-state index in [1.165, 1.54) is 22.4 Å². The Labute approximate surface area is 193 Å². The molecule has 0 spiro atoms. The van der Waals surface area contributed by atoms with Crippen molar-refractivity contribution in [1.82, 2.24) is 10.2 Å². The summed E-state index contributed by atoms with van der Waals surface area (Å²) in [4.78, 5) is 27.0. The number of rotatable bonds is 6. The van der Waals surface area contributed by atoms with Gasteiger partial charge in [0.05, 0.1) is 0 Å². The first-order valence-electron chi connectivity index (χ1n) is 11.8. The fourth-order valence-corrected chi connectivity index (χ4v) is 5.47. The number of hydrogen-bond donors (Lipinski definition) is 1. The molecule has 0 saturated carbocycles. The van der Waals surface area contributed by atoms with Crippen LogP contribution in [0.2, 0.25) is 0 Å². The van der Waals surface area contributed by atoms with Gasteiger partial charge in [-0.3, -0.25) is 9.59 Å². The minimum atomic E-state index is -0.389. The van der Waals surface area contributed by atoms with Crippen LogP contribution >= 0.6 is 0 Å². The fourth-order valence-electron chi connectivity index (χ4n) is 5.47. The van der Waals surface area contributed by atoms with E-state index in [0.717, 1.165) is 12.8 Å². The number of amides is 2. The molecule has 0 aromatic heterocycles. The van der Waals surface area contributed by atoms with Crippen molar-refractivity contribution >= 4 is 22.6 Å². The molecule has 2 aliphatic heterocycles. The predicted octanol–water partition coefficient (Wildman–Crippen LogP) is 4.97. The summed E-state index contributed by atoms with van der Waals surface area (Å²) in [6.07, 6.45) is 3.74. The van der Waals surface area contributed by atoms with E-state index in [-0.39, 0.29) is 29.1 Å². The largest absolute Gasteiger partial charge is 0.350 e. The monoisotopic (exact) mass is 444 g/mol. The number of carbonyl (C=O) groups is 2. The molecule has 0 radical (unpaired) electrons. The number of likely N-dealkylation sites (tertiary alicyclic amines) is 1. The maximum Gasteiger partial charge on any atom is 0.222 e. The second-order valence-corrected chi connectivity index (χ2v) is 9.53. The number of halogens is 1. The molecule has 2 aliphatic rings. The molecule has 5 rings (SSSR count). The third kappa shape index (κ3) is 4.63. The first kappa shape index (κ1) is 21.6. The molecule has 2 saturated heterocycles. The van der Waals surface area contributed by atoms with E-state index < -0.39 is 0 Å². The number of carbonyl (C=O) groups excluding carboxylic acids is 2. The molecule has 5 heteroatoms. The molecular weight excluding hydrogens is 415 g/mol. The maximum atomic E-state index is 14.2. The van der Waals surface area contributed by atoms with Crippen LogP contribution in [0.3, 0.4) is 0 Å². The first-order valence-corrected chi connectivity index (χ1v) is 11.8. The van der Waals surface area contributed by atoms with Gasteiger partial charge in [-0.1, -0.05) is 60.7 Å². The number of nitrogens with one attached hydrogen (secondary N) is 1. The lowest BCUT2D eigenvalue weighted by Crippen LogP contribution is -2.44. The van der Waals surface area contributed by atoms with Gasteiger partial charge in [-0.2, -0.15) is 0 Å². The average Bonchev–Trinajstić information content (AvgIpc) is 3.45. The van der Waals surface area contributed by atoms with Crippen molar-refractivity contribution in [2.24, 2.45) is 0 Å². The Kier molecular flexibility index (Phi) is 5.88. The SMILES string of the molecule is O=C1CC[C@@](CCC(=O)N2CC[C@@H](c3ccccc3F)C2)(Cc2ccc3ccccc3c2)N1. The van der Waals surface area contributed by atoms with Crippen LogP contribution < -0.4 is 5.32 Å². The van der Waals surface area contributed by atoms with E-state index in [9.17, 15) is 14.0 Å². The van der Waals surface area contributed by atoms with E-state index in [1.54, 1.807) is 6.07 Å². The third-order valence-electron chi connectivity index (χ3n) is 7.30. The van der Waals surface area contributed by atoms with Gasteiger partial charge in [-0.05, 0) is 53.6 Å². The molecule has 0 bridgehead atoms. The fraction of sp³-hybridized carbons (Fsp3) is 0.357. The number of fused-ring (bicyclic) bond motifs is 1. The topological polar surface area (TPSA) is 49.4 Å². The summed E-state index contributed by atoms with van der Waals surface area (Å²) >= 11 is 0. The van der Waals surface area contributed by atoms with Gasteiger partial charge in [0.25, 0.3) is 0 Å². The van der Waals surface area contributed by atoms with Crippen LogP contribution in [0.25, 0.3) is 10.8 Å². The summed E-state index contributed by atoms with van der Waals surface area (Å²) in [7, 11) is 0. The van der Waals surface area contributed by atoms with E-state index in [4.69, 9.17) is 0 Å². The standard InChI is InChI=1S/C28H29FN2O2/c29-25-8-4-3-7-24(25)23-13-16-31(19-23)27(33)12-15-28(14-11-26(32)30-28)18-20-9-10-21-5-1-2-6-22(21)17-20/h1-10,17,23H,11-16,18-19H2,(H,30,32)/t23-,28-/m1/s1. The van der Waals surface area contributed by atoms with Crippen molar-refractivity contribution < 1.29 is 14.0 Å². The molecule has 2 fully saturated rings. The first-order chi connectivity index (χ1) is 16.0. The van der Waals surface area contributed by atoms with Crippen molar-refractivity contribution in [3.8, 4) is 0 Å². The van der Waals surface area contributed by atoms with Crippen molar-refractivity contribution in [1.29, 1.82) is 0 Å². The average molecular weight is 445 g/mol. The van der Waals surface area contributed by atoms with Crippen LogP contribution in [0.5, 0.6) is 0 Å². The summed E-state index contributed by atoms with van der Waals surface area (Å²) < 4.78 is 14.2. The molecule has 2 amide bonds. The number of nitrogens with zero attached hydrogens (tertiary/aromatic N) is 1. The van der Waals surface area contributed by atoms with Crippen LogP contribution in [-0.4, -0.2) is 35.3 Å². The highest BCUT2D eigenvalue weighted by atomic mass is 19.1. The van der Waals surface area contributed by atoms with Gasteiger partial charge in [-0.15, -0.1) is 0 Å². The number of hydrogen-bond acceptors (Lipinski definition) is 2. The van der Waals surface area contributed by atoms with Gasteiger partial charge in [-0.25, -0.2) is 4.39 Å².